The van der Waals surface area contributed by atoms with E-state index in [9.17, 15) is 0 Å². The first kappa shape index (κ1) is 12.6. The van der Waals surface area contributed by atoms with Crippen molar-refractivity contribution in [2.75, 3.05) is 19.6 Å². The molecule has 1 saturated heterocycles. The molecule has 0 aliphatic carbocycles. The fraction of sp³-hybridized carbons (Fsp3) is 0.636. The molecule has 1 unspecified atom stereocenters. The molecule has 1 aliphatic rings. The minimum Gasteiger partial charge on any atom is -0.333 e. The van der Waals surface area contributed by atoms with Crippen LogP contribution in [0.2, 0.25) is 0 Å². The zero-order valence-corrected chi connectivity index (χ0v) is 11.6. The summed E-state index contributed by atoms with van der Waals surface area (Å²) in [4.78, 5) is 7.50. The van der Waals surface area contributed by atoms with Gasteiger partial charge in [-0.1, -0.05) is 9.64 Å². The van der Waals surface area contributed by atoms with Gasteiger partial charge in [-0.3, -0.25) is 0 Å². The second-order valence-electron chi connectivity index (χ2n) is 4.76. The van der Waals surface area contributed by atoms with Crippen molar-refractivity contribution < 1.29 is 4.52 Å². The van der Waals surface area contributed by atoms with Crippen molar-refractivity contribution >= 4 is 11.5 Å². The standard InChI is InChI=1S/C11H16N6OS/c1-7-9(19-16-14-7)11-13-10(15-18-11)8(12)6-17-4-2-3-5-17/h8H,2-6,12H2,1H3. The second-order valence-corrected chi connectivity index (χ2v) is 5.51. The van der Waals surface area contributed by atoms with Crippen molar-refractivity contribution in [1.29, 1.82) is 0 Å². The fourth-order valence-electron chi connectivity index (χ4n) is 2.23. The van der Waals surface area contributed by atoms with E-state index in [1.807, 2.05) is 6.92 Å². The Kier molecular flexibility index (Phi) is 3.54. The molecule has 8 heteroatoms. The summed E-state index contributed by atoms with van der Waals surface area (Å²) in [5, 5.41) is 7.90. The quantitative estimate of drug-likeness (QED) is 0.892. The van der Waals surface area contributed by atoms with Crippen LogP contribution < -0.4 is 5.73 Å². The third-order valence-corrected chi connectivity index (χ3v) is 4.09. The summed E-state index contributed by atoms with van der Waals surface area (Å²) in [6, 6.07) is -0.211. The van der Waals surface area contributed by atoms with E-state index in [-0.39, 0.29) is 6.04 Å². The first-order valence-electron chi connectivity index (χ1n) is 6.35. The topological polar surface area (TPSA) is 94.0 Å². The van der Waals surface area contributed by atoms with Crippen molar-refractivity contribution in [3.8, 4) is 10.8 Å². The number of likely N-dealkylation sites (tertiary alicyclic amines) is 1. The van der Waals surface area contributed by atoms with Gasteiger partial charge < -0.3 is 15.2 Å². The molecule has 102 valence electrons. The summed E-state index contributed by atoms with van der Waals surface area (Å²) in [6.45, 7) is 4.86. The Hall–Kier alpha value is -1.38. The van der Waals surface area contributed by atoms with Gasteiger partial charge in [0.05, 0.1) is 11.7 Å². The lowest BCUT2D eigenvalue weighted by molar-refractivity contribution is 0.306. The molecular formula is C11H16N6OS. The van der Waals surface area contributed by atoms with E-state index < -0.39 is 0 Å². The van der Waals surface area contributed by atoms with E-state index in [2.05, 4.69) is 24.6 Å². The number of aromatic nitrogens is 4. The molecule has 0 saturated carbocycles. The average molecular weight is 280 g/mol. The van der Waals surface area contributed by atoms with E-state index in [1.165, 1.54) is 24.4 Å². The Morgan fingerprint density at radius 1 is 1.42 bits per heavy atom. The molecule has 3 rings (SSSR count). The molecule has 1 fully saturated rings. The molecule has 2 aromatic rings. The van der Waals surface area contributed by atoms with Gasteiger partial charge in [0.15, 0.2) is 5.82 Å². The summed E-state index contributed by atoms with van der Waals surface area (Å²) in [6.07, 6.45) is 2.49. The molecule has 0 radical (unpaired) electrons. The normalized spacial score (nSPS) is 18.0. The van der Waals surface area contributed by atoms with E-state index >= 15 is 0 Å². The number of nitrogens with two attached hydrogens (primary N) is 1. The van der Waals surface area contributed by atoms with Crippen LogP contribution in [-0.2, 0) is 0 Å². The van der Waals surface area contributed by atoms with Gasteiger partial charge in [-0.15, -0.1) is 5.10 Å². The Labute approximate surface area is 115 Å². The molecular weight excluding hydrogens is 264 g/mol. The summed E-state index contributed by atoms with van der Waals surface area (Å²) >= 11 is 1.25. The van der Waals surface area contributed by atoms with E-state index in [4.69, 9.17) is 10.3 Å². The van der Waals surface area contributed by atoms with Gasteiger partial charge in [0.2, 0.25) is 0 Å². The van der Waals surface area contributed by atoms with E-state index in [1.54, 1.807) is 0 Å². The summed E-state index contributed by atoms with van der Waals surface area (Å²) in [5.41, 5.74) is 6.92. The van der Waals surface area contributed by atoms with Crippen molar-refractivity contribution in [2.45, 2.75) is 25.8 Å². The van der Waals surface area contributed by atoms with Crippen LogP contribution in [0.1, 0.15) is 30.4 Å². The summed E-state index contributed by atoms with van der Waals surface area (Å²) in [5.74, 6) is 1.01. The monoisotopic (exact) mass is 280 g/mol. The maximum absolute atomic E-state index is 6.13. The summed E-state index contributed by atoms with van der Waals surface area (Å²) in [7, 11) is 0. The maximum Gasteiger partial charge on any atom is 0.271 e. The SMILES string of the molecule is Cc1nnsc1-c1nc(C(N)CN2CCCC2)no1. The molecule has 19 heavy (non-hydrogen) atoms. The molecule has 0 aromatic carbocycles. The molecule has 1 atom stereocenters. The van der Waals surface area contributed by atoms with Crippen molar-refractivity contribution in [3.63, 3.8) is 0 Å². The van der Waals surface area contributed by atoms with Gasteiger partial charge in [-0.25, -0.2) is 0 Å². The molecule has 2 N–H and O–H groups in total. The highest BCUT2D eigenvalue weighted by Crippen LogP contribution is 2.24. The molecule has 0 spiro atoms. The van der Waals surface area contributed by atoms with Gasteiger partial charge in [0.25, 0.3) is 5.89 Å². The minimum absolute atomic E-state index is 0.211. The van der Waals surface area contributed by atoms with Crippen LogP contribution in [0.3, 0.4) is 0 Å². The third-order valence-electron chi connectivity index (χ3n) is 3.27. The van der Waals surface area contributed by atoms with Gasteiger partial charge in [-0.05, 0) is 44.4 Å². The Bertz CT molecular complexity index is 547. The van der Waals surface area contributed by atoms with Crippen LogP contribution in [0.15, 0.2) is 4.52 Å². The highest BCUT2D eigenvalue weighted by molar-refractivity contribution is 7.09. The maximum atomic E-state index is 6.13. The zero-order valence-electron chi connectivity index (χ0n) is 10.7. The Morgan fingerprint density at radius 2 is 2.21 bits per heavy atom. The van der Waals surface area contributed by atoms with Gasteiger partial charge in [0.1, 0.15) is 4.88 Å². The lowest BCUT2D eigenvalue weighted by Crippen LogP contribution is -2.30. The largest absolute Gasteiger partial charge is 0.333 e. The van der Waals surface area contributed by atoms with E-state index in [0.717, 1.165) is 30.2 Å². The third kappa shape index (κ3) is 2.65. The van der Waals surface area contributed by atoms with Crippen molar-refractivity contribution in [3.05, 3.63) is 11.5 Å². The van der Waals surface area contributed by atoms with Crippen LogP contribution in [0, 0.1) is 6.92 Å². The van der Waals surface area contributed by atoms with Gasteiger partial charge in [0, 0.05) is 6.54 Å². The van der Waals surface area contributed by atoms with E-state index in [0.29, 0.717) is 11.7 Å². The molecule has 2 aromatic heterocycles. The predicted octanol–water partition coefficient (Wildman–Crippen LogP) is 0.992. The van der Waals surface area contributed by atoms with Crippen LogP contribution in [0.4, 0.5) is 0 Å². The number of nitrogens with zero attached hydrogens (tertiary/aromatic N) is 5. The predicted molar refractivity (Wildman–Crippen MR) is 70.5 cm³/mol. The molecule has 0 amide bonds. The van der Waals surface area contributed by atoms with Crippen LogP contribution in [0.5, 0.6) is 0 Å². The van der Waals surface area contributed by atoms with Crippen molar-refractivity contribution in [1.82, 2.24) is 24.6 Å². The van der Waals surface area contributed by atoms with Crippen molar-refractivity contribution in [2.24, 2.45) is 5.73 Å². The Balaban J connectivity index is 1.72. The smallest absolute Gasteiger partial charge is 0.271 e. The molecule has 3 heterocycles. The number of rotatable bonds is 4. The zero-order chi connectivity index (χ0) is 13.2. The van der Waals surface area contributed by atoms with Crippen LogP contribution in [-0.4, -0.2) is 44.3 Å². The minimum atomic E-state index is -0.211. The van der Waals surface area contributed by atoms with Crippen LogP contribution in [0.25, 0.3) is 10.8 Å². The number of hydrogen-bond donors (Lipinski definition) is 1. The Morgan fingerprint density at radius 3 is 2.89 bits per heavy atom. The average Bonchev–Trinajstić information content (AvgIpc) is 3.08. The lowest BCUT2D eigenvalue weighted by atomic mass is 10.3. The van der Waals surface area contributed by atoms with Crippen LogP contribution >= 0.6 is 11.5 Å². The highest BCUT2D eigenvalue weighted by atomic mass is 32.1. The van der Waals surface area contributed by atoms with Gasteiger partial charge in [-0.2, -0.15) is 4.98 Å². The number of hydrogen-bond acceptors (Lipinski definition) is 8. The molecule has 1 aliphatic heterocycles. The molecule has 0 bridgehead atoms. The summed E-state index contributed by atoms with van der Waals surface area (Å²) < 4.78 is 9.11. The van der Waals surface area contributed by atoms with Gasteiger partial charge >= 0.3 is 0 Å². The lowest BCUT2D eigenvalue weighted by Gasteiger charge is -2.17. The first-order chi connectivity index (χ1) is 9.24. The highest BCUT2D eigenvalue weighted by Gasteiger charge is 2.21. The number of aryl methyl sites for hydroxylation is 1. The second kappa shape index (κ2) is 5.32. The fourth-order valence-corrected chi connectivity index (χ4v) is 2.81. The molecule has 7 nitrogen and oxygen atoms in total. The first-order valence-corrected chi connectivity index (χ1v) is 7.12.